The average Bonchev–Trinajstić information content (AvgIpc) is 2.88. The van der Waals surface area contributed by atoms with E-state index in [0.717, 1.165) is 22.5 Å². The van der Waals surface area contributed by atoms with Crippen LogP contribution in [-0.2, 0) is 11.3 Å². The van der Waals surface area contributed by atoms with Gasteiger partial charge in [-0.25, -0.2) is 14.4 Å². The molecular weight excluding hydrogens is 487 g/mol. The van der Waals surface area contributed by atoms with E-state index in [1.807, 2.05) is 24.3 Å². The van der Waals surface area contributed by atoms with Gasteiger partial charge in [-0.05, 0) is 79.2 Å². The molecule has 1 N–H and O–H groups in total. The van der Waals surface area contributed by atoms with Crippen molar-refractivity contribution in [2.24, 2.45) is 0 Å². The van der Waals surface area contributed by atoms with Crippen molar-refractivity contribution in [1.29, 1.82) is 0 Å². The fraction of sp³-hybridized carbons (Fsp3) is 0.172. The van der Waals surface area contributed by atoms with Crippen LogP contribution in [0, 0.1) is 5.82 Å². The van der Waals surface area contributed by atoms with E-state index in [-0.39, 0.29) is 17.5 Å². The molecule has 0 saturated carbocycles. The van der Waals surface area contributed by atoms with E-state index in [0.29, 0.717) is 23.7 Å². The molecular formula is C29H29FN4O4. The van der Waals surface area contributed by atoms with E-state index < -0.39 is 5.97 Å². The van der Waals surface area contributed by atoms with E-state index in [1.165, 1.54) is 17.8 Å². The minimum atomic E-state index is -1.08. The zero-order chi connectivity index (χ0) is 27.7. The number of amides is 1. The second kappa shape index (κ2) is 12.6. The van der Waals surface area contributed by atoms with Gasteiger partial charge in [0.05, 0.1) is 26.8 Å². The Balaban J connectivity index is 0.000000934. The van der Waals surface area contributed by atoms with Crippen LogP contribution < -0.4 is 19.6 Å². The van der Waals surface area contributed by atoms with Crippen molar-refractivity contribution in [2.45, 2.75) is 13.5 Å². The highest BCUT2D eigenvalue weighted by atomic mass is 19.1. The first-order chi connectivity index (χ1) is 18.0. The molecule has 4 rings (SSSR count). The molecule has 1 heterocycles. The lowest BCUT2D eigenvalue weighted by molar-refractivity contribution is -0.302. The van der Waals surface area contributed by atoms with Gasteiger partial charge in [0.15, 0.2) is 0 Å². The van der Waals surface area contributed by atoms with Gasteiger partial charge in [-0.3, -0.25) is 9.28 Å². The Hall–Kier alpha value is -4.63. The van der Waals surface area contributed by atoms with Crippen molar-refractivity contribution in [3.05, 3.63) is 102 Å². The number of aromatic nitrogens is 2. The number of benzene rings is 3. The molecule has 0 saturated heterocycles. The number of aliphatic carboxylic acids is 1. The first kappa shape index (κ1) is 27.9. The van der Waals surface area contributed by atoms with Crippen LogP contribution in [0.2, 0.25) is 0 Å². The number of rotatable bonds is 7. The van der Waals surface area contributed by atoms with Crippen LogP contribution in [0.15, 0.2) is 85.1 Å². The van der Waals surface area contributed by atoms with Crippen LogP contribution in [-0.4, -0.2) is 43.0 Å². The third-order valence-corrected chi connectivity index (χ3v) is 5.22. The maximum atomic E-state index is 13.0. The standard InChI is InChI=1S/C27H25FN4O2.C2H4O2/c1-32(2,3)22-10-4-19(5-11-22)18-30-27(33)26-29-17-16-25(31-26)20-6-12-23(13-7-20)34-24-14-8-21(28)9-15-24;1-2(3)4/h4-17H,18H2,1-3H3;1H3,(H,3,4). The number of carboxylic acids is 1. The number of hydrogen-bond acceptors (Lipinski definition) is 6. The first-order valence-corrected chi connectivity index (χ1v) is 11.7. The van der Waals surface area contributed by atoms with Crippen LogP contribution in [0.1, 0.15) is 23.1 Å². The van der Waals surface area contributed by atoms with Crippen LogP contribution >= 0.6 is 0 Å². The SMILES string of the molecule is CC(=O)[O-].C[N+](C)(C)c1ccc(CNC(=O)c2nccc(-c3ccc(Oc4ccc(F)cc4)cc3)n2)cc1. The van der Waals surface area contributed by atoms with Gasteiger partial charge in [0.1, 0.15) is 23.0 Å². The molecule has 4 aromatic rings. The molecule has 196 valence electrons. The van der Waals surface area contributed by atoms with Gasteiger partial charge < -0.3 is 20.0 Å². The monoisotopic (exact) mass is 516 g/mol. The van der Waals surface area contributed by atoms with E-state index in [1.54, 1.807) is 36.5 Å². The summed E-state index contributed by atoms with van der Waals surface area (Å²) in [7, 11) is 6.31. The summed E-state index contributed by atoms with van der Waals surface area (Å²) >= 11 is 0. The van der Waals surface area contributed by atoms with E-state index in [9.17, 15) is 9.18 Å². The Morgan fingerprint density at radius 2 is 1.45 bits per heavy atom. The molecule has 0 fully saturated rings. The fourth-order valence-electron chi connectivity index (χ4n) is 3.28. The Morgan fingerprint density at radius 3 is 2.00 bits per heavy atom. The quantitative estimate of drug-likeness (QED) is 0.373. The van der Waals surface area contributed by atoms with Crippen molar-refractivity contribution >= 4 is 17.6 Å². The number of nitrogens with zero attached hydrogens (tertiary/aromatic N) is 3. The third kappa shape index (κ3) is 8.49. The second-order valence-corrected chi connectivity index (χ2v) is 9.20. The summed E-state index contributed by atoms with van der Waals surface area (Å²) in [5, 5.41) is 11.8. The molecule has 1 aromatic heterocycles. The lowest BCUT2D eigenvalue weighted by atomic mass is 10.1. The summed E-state index contributed by atoms with van der Waals surface area (Å²) in [6.45, 7) is 1.36. The molecule has 0 aliphatic heterocycles. The molecule has 0 aliphatic rings. The predicted octanol–water partition coefficient (Wildman–Crippen LogP) is 3.96. The molecule has 38 heavy (non-hydrogen) atoms. The Labute approximate surface area is 221 Å². The van der Waals surface area contributed by atoms with Gasteiger partial charge in [-0.1, -0.05) is 12.1 Å². The number of carbonyl (C=O) groups excluding carboxylic acids is 2. The van der Waals surface area contributed by atoms with Crippen LogP contribution in [0.4, 0.5) is 10.1 Å². The Bertz CT molecular complexity index is 1360. The summed E-state index contributed by atoms with van der Waals surface area (Å²) in [6, 6.07) is 23.0. The lowest BCUT2D eigenvalue weighted by Gasteiger charge is -2.23. The maximum absolute atomic E-state index is 13.0. The molecule has 0 aliphatic carbocycles. The highest BCUT2D eigenvalue weighted by Crippen LogP contribution is 2.25. The number of hydrogen-bond donors (Lipinski definition) is 1. The number of ether oxygens (including phenoxy) is 1. The summed E-state index contributed by atoms with van der Waals surface area (Å²) in [4.78, 5) is 30.1. The van der Waals surface area contributed by atoms with Gasteiger partial charge in [0, 0.05) is 24.3 Å². The average molecular weight is 517 g/mol. The molecule has 9 heteroatoms. The van der Waals surface area contributed by atoms with Crippen LogP contribution in [0.25, 0.3) is 11.3 Å². The zero-order valence-corrected chi connectivity index (χ0v) is 21.6. The molecule has 0 atom stereocenters. The number of halogens is 1. The third-order valence-electron chi connectivity index (χ3n) is 5.22. The van der Waals surface area contributed by atoms with Crippen LogP contribution in [0.3, 0.4) is 0 Å². The predicted molar refractivity (Wildman–Crippen MR) is 142 cm³/mol. The maximum Gasteiger partial charge on any atom is 0.289 e. The lowest BCUT2D eigenvalue weighted by Crippen LogP contribution is -2.34. The highest BCUT2D eigenvalue weighted by molar-refractivity contribution is 5.90. The number of carbonyl (C=O) groups is 2. The first-order valence-electron chi connectivity index (χ1n) is 11.7. The number of carboxylic acid groups (broad SMARTS) is 1. The zero-order valence-electron chi connectivity index (χ0n) is 21.6. The largest absolute Gasteiger partial charge is 0.550 e. The highest BCUT2D eigenvalue weighted by Gasteiger charge is 2.13. The second-order valence-electron chi connectivity index (χ2n) is 9.20. The van der Waals surface area contributed by atoms with Gasteiger partial charge in [0.25, 0.3) is 5.91 Å². The topological polar surface area (TPSA) is 104 Å². The number of nitrogens with one attached hydrogen (secondary N) is 1. The van der Waals surface area contributed by atoms with Crippen molar-refractivity contribution in [1.82, 2.24) is 19.8 Å². The van der Waals surface area contributed by atoms with Gasteiger partial charge in [0.2, 0.25) is 5.82 Å². The summed E-state index contributed by atoms with van der Waals surface area (Å²) in [5.74, 6) is -0.481. The van der Waals surface area contributed by atoms with Gasteiger partial charge >= 0.3 is 0 Å². The molecule has 0 spiro atoms. The van der Waals surface area contributed by atoms with Gasteiger partial charge in [-0.2, -0.15) is 0 Å². The van der Waals surface area contributed by atoms with Gasteiger partial charge in [-0.15, -0.1) is 0 Å². The fourth-order valence-corrected chi connectivity index (χ4v) is 3.28. The molecule has 3 aromatic carbocycles. The van der Waals surface area contributed by atoms with Crippen molar-refractivity contribution in [2.75, 3.05) is 21.1 Å². The Morgan fingerprint density at radius 1 is 0.895 bits per heavy atom. The summed E-state index contributed by atoms with van der Waals surface area (Å²) in [6.07, 6.45) is 1.57. The summed E-state index contributed by atoms with van der Waals surface area (Å²) in [5.41, 5.74) is 3.62. The molecule has 0 unspecified atom stereocenters. The smallest absolute Gasteiger partial charge is 0.289 e. The Kier molecular flexibility index (Phi) is 9.23. The normalized spacial score (nSPS) is 10.7. The molecule has 0 radical (unpaired) electrons. The minimum absolute atomic E-state index is 0.104. The van der Waals surface area contributed by atoms with E-state index >= 15 is 0 Å². The van der Waals surface area contributed by atoms with Crippen molar-refractivity contribution < 1.29 is 23.8 Å². The molecule has 0 bridgehead atoms. The van der Waals surface area contributed by atoms with E-state index in [4.69, 9.17) is 14.6 Å². The molecule has 1 amide bonds. The van der Waals surface area contributed by atoms with Crippen molar-refractivity contribution in [3.63, 3.8) is 0 Å². The minimum Gasteiger partial charge on any atom is -0.550 e. The van der Waals surface area contributed by atoms with Crippen molar-refractivity contribution in [3.8, 4) is 22.8 Å². The molecule has 8 nitrogen and oxygen atoms in total. The van der Waals surface area contributed by atoms with Crippen LogP contribution in [0.5, 0.6) is 11.5 Å². The van der Waals surface area contributed by atoms with E-state index in [2.05, 4.69) is 48.6 Å². The summed E-state index contributed by atoms with van der Waals surface area (Å²) < 4.78 is 19.5. The number of quaternary nitrogens is 1.